The maximum absolute atomic E-state index is 13.3. The smallest absolute Gasteiger partial charge is 0.436 e. The summed E-state index contributed by atoms with van der Waals surface area (Å²) in [6.07, 6.45) is -6.89. The van der Waals surface area contributed by atoms with Crippen molar-refractivity contribution < 1.29 is 51.7 Å². The van der Waals surface area contributed by atoms with Gasteiger partial charge < -0.3 is 29.7 Å². The second kappa shape index (κ2) is 11.0. The molecule has 0 aromatic rings. The van der Waals surface area contributed by atoms with Crippen LogP contribution in [-0.4, -0.2) is 76.5 Å². The molecule has 0 aromatic carbocycles. The van der Waals surface area contributed by atoms with E-state index in [0.717, 1.165) is 0 Å². The van der Waals surface area contributed by atoms with Gasteiger partial charge in [-0.3, -0.25) is 0 Å². The Balaban J connectivity index is 5.22. The van der Waals surface area contributed by atoms with E-state index in [0.29, 0.717) is 0 Å². The van der Waals surface area contributed by atoms with Gasteiger partial charge in [0.1, 0.15) is 0 Å². The second-order valence-corrected chi connectivity index (χ2v) is 27.1. The van der Waals surface area contributed by atoms with Crippen molar-refractivity contribution in [2.24, 2.45) is 0 Å². The van der Waals surface area contributed by atoms with Crippen LogP contribution in [0, 0.1) is 0 Å². The van der Waals surface area contributed by atoms with Gasteiger partial charge in [0.15, 0.2) is 8.32 Å². The predicted octanol–water partition coefficient (Wildman–Crippen LogP) is 5.33. The van der Waals surface area contributed by atoms with E-state index < -0.39 is 61.6 Å². The molecule has 0 aliphatic carbocycles. The molecule has 194 valence electrons. The first-order valence-corrected chi connectivity index (χ1v) is 23.1. The van der Waals surface area contributed by atoms with Crippen LogP contribution in [0.4, 0.5) is 22.0 Å². The van der Waals surface area contributed by atoms with E-state index in [4.69, 9.17) is 29.7 Å². The van der Waals surface area contributed by atoms with Crippen LogP contribution in [0.2, 0.25) is 58.4 Å². The lowest BCUT2D eigenvalue weighted by Crippen LogP contribution is -2.61. The lowest BCUT2D eigenvalue weighted by atomic mass is 10.2. The zero-order chi connectivity index (χ0) is 25.9. The summed E-state index contributed by atoms with van der Waals surface area (Å²) in [6.45, 7) is 13.8. The van der Waals surface area contributed by atoms with Crippen molar-refractivity contribution in [3.05, 3.63) is 0 Å². The molecule has 0 unspecified atom stereocenters. The fourth-order valence-corrected chi connectivity index (χ4v) is 24.9. The van der Waals surface area contributed by atoms with E-state index in [1.165, 1.54) is 21.3 Å². The Kier molecular flexibility index (Phi) is 11.2. The molecule has 0 aliphatic rings. The van der Waals surface area contributed by atoms with Gasteiger partial charge in [0.25, 0.3) is 0 Å². The maximum Gasteiger partial charge on any atom is 0.669 e. The van der Waals surface area contributed by atoms with E-state index in [1.54, 1.807) is 52.4 Å². The van der Waals surface area contributed by atoms with E-state index in [-0.39, 0.29) is 6.04 Å². The van der Waals surface area contributed by atoms with Gasteiger partial charge in [0.05, 0.1) is 0 Å². The highest BCUT2D eigenvalue weighted by Crippen LogP contribution is 2.40. The molecule has 17 heteroatoms. The largest absolute Gasteiger partial charge is 0.669 e. The SMILES string of the molecule is CO[Si](OC)(OC)O[Si](C)(C)O[Si](C)(C)O[Si](C)(C)O[Si](C)(C)CCC(F)(F)C(F)(F)F. The molecular weight excluding hydrogens is 528 g/mol. The van der Waals surface area contributed by atoms with E-state index in [9.17, 15) is 22.0 Å². The van der Waals surface area contributed by atoms with Gasteiger partial charge in [-0.25, -0.2) is 0 Å². The molecule has 0 aromatic heterocycles. The quantitative estimate of drug-likeness (QED) is 0.209. The third-order valence-corrected chi connectivity index (χ3v) is 22.0. The van der Waals surface area contributed by atoms with Crippen LogP contribution >= 0.6 is 0 Å². The molecular formula is C15H37F5O7Si5. The summed E-state index contributed by atoms with van der Waals surface area (Å²) in [5, 5.41) is 0. The summed E-state index contributed by atoms with van der Waals surface area (Å²) in [5.41, 5.74) is 0. The minimum atomic E-state index is -5.58. The van der Waals surface area contributed by atoms with Crippen LogP contribution in [0.3, 0.4) is 0 Å². The molecule has 0 saturated carbocycles. The molecule has 0 atom stereocenters. The molecule has 0 spiro atoms. The van der Waals surface area contributed by atoms with Crippen molar-refractivity contribution in [1.82, 2.24) is 0 Å². The summed E-state index contributed by atoms with van der Waals surface area (Å²) in [6, 6.07) is -0.366. The average Bonchev–Trinajstić information content (AvgIpc) is 2.54. The van der Waals surface area contributed by atoms with Gasteiger partial charge in [-0.15, -0.1) is 0 Å². The zero-order valence-electron chi connectivity index (χ0n) is 20.7. The lowest BCUT2D eigenvalue weighted by molar-refractivity contribution is -0.282. The van der Waals surface area contributed by atoms with Crippen LogP contribution in [0.5, 0.6) is 0 Å². The summed E-state index contributed by atoms with van der Waals surface area (Å²) in [5.74, 6) is -4.75. The van der Waals surface area contributed by atoms with Crippen molar-refractivity contribution in [1.29, 1.82) is 0 Å². The second-order valence-electron chi connectivity index (χ2n) is 9.18. The molecule has 0 bridgehead atoms. The van der Waals surface area contributed by atoms with Crippen LogP contribution in [0.25, 0.3) is 0 Å². The molecule has 0 N–H and O–H groups in total. The zero-order valence-corrected chi connectivity index (χ0v) is 25.7. The van der Waals surface area contributed by atoms with E-state index in [1.807, 2.05) is 0 Å². The van der Waals surface area contributed by atoms with Gasteiger partial charge in [0.2, 0.25) is 0 Å². The Bertz CT molecular complexity index is 593. The Hall–Kier alpha value is 0.454. The predicted molar refractivity (Wildman–Crippen MR) is 121 cm³/mol. The minimum absolute atomic E-state index is 0.366. The number of hydrogen-bond donors (Lipinski definition) is 0. The van der Waals surface area contributed by atoms with Crippen molar-refractivity contribution in [3.63, 3.8) is 0 Å². The molecule has 0 saturated heterocycles. The Morgan fingerprint density at radius 3 is 1.25 bits per heavy atom. The fourth-order valence-electron chi connectivity index (χ4n) is 3.24. The van der Waals surface area contributed by atoms with Gasteiger partial charge in [-0.05, 0) is 58.4 Å². The molecule has 0 fully saturated rings. The number of hydrogen-bond acceptors (Lipinski definition) is 7. The van der Waals surface area contributed by atoms with Crippen LogP contribution < -0.4 is 0 Å². The highest BCUT2D eigenvalue weighted by molar-refractivity contribution is 6.89. The summed E-state index contributed by atoms with van der Waals surface area (Å²) < 4.78 is 104. The van der Waals surface area contributed by atoms with Crippen molar-refractivity contribution >= 4 is 43.0 Å². The monoisotopic (exact) mass is 564 g/mol. The summed E-state index contributed by atoms with van der Waals surface area (Å²) >= 11 is 0. The number of alkyl halides is 5. The highest BCUT2D eigenvalue weighted by atomic mass is 28.5. The van der Waals surface area contributed by atoms with E-state index in [2.05, 4.69) is 0 Å². The third kappa shape index (κ3) is 10.8. The van der Waals surface area contributed by atoms with Gasteiger partial charge in [-0.1, -0.05) is 0 Å². The molecule has 32 heavy (non-hydrogen) atoms. The van der Waals surface area contributed by atoms with Gasteiger partial charge in [-0.2, -0.15) is 22.0 Å². The minimum Gasteiger partial charge on any atom is -0.436 e. The van der Waals surface area contributed by atoms with Gasteiger partial charge >= 0.3 is 46.8 Å². The Morgan fingerprint density at radius 2 is 0.906 bits per heavy atom. The van der Waals surface area contributed by atoms with Crippen molar-refractivity contribution in [2.75, 3.05) is 21.3 Å². The van der Waals surface area contributed by atoms with Gasteiger partial charge in [0, 0.05) is 27.8 Å². The van der Waals surface area contributed by atoms with Crippen molar-refractivity contribution in [2.45, 2.75) is 76.9 Å². The maximum atomic E-state index is 13.3. The first-order chi connectivity index (χ1) is 14.0. The molecule has 0 rings (SSSR count). The first kappa shape index (κ1) is 32.5. The average molecular weight is 565 g/mol. The van der Waals surface area contributed by atoms with Crippen LogP contribution in [-0.2, 0) is 29.7 Å². The third-order valence-electron chi connectivity index (χ3n) is 4.08. The molecule has 0 heterocycles. The number of rotatable bonds is 14. The van der Waals surface area contributed by atoms with E-state index >= 15 is 0 Å². The standard InChI is InChI=1S/C15H37F5O7Si5/c1-21-32(22-2,23-3)27-31(10,11)26-30(8,9)25-29(6,7)24-28(4,5)13-12-14(16,17)15(18,19)20/h12-13H2,1-11H3. The highest BCUT2D eigenvalue weighted by Gasteiger charge is 2.58. The number of halogens is 5. The fraction of sp³-hybridized carbons (Fsp3) is 1.00. The topological polar surface area (TPSA) is 64.6 Å². The first-order valence-electron chi connectivity index (χ1n) is 9.87. The van der Waals surface area contributed by atoms with Crippen LogP contribution in [0.15, 0.2) is 0 Å². The molecule has 7 nitrogen and oxygen atoms in total. The summed E-state index contributed by atoms with van der Waals surface area (Å²) in [7, 11) is -10.7. The molecule has 0 radical (unpaired) electrons. The summed E-state index contributed by atoms with van der Waals surface area (Å²) in [4.78, 5) is 0. The molecule has 0 aliphatic heterocycles. The molecule has 0 amide bonds. The van der Waals surface area contributed by atoms with Crippen molar-refractivity contribution in [3.8, 4) is 0 Å². The normalized spacial score (nSPS) is 15.4. The van der Waals surface area contributed by atoms with Crippen LogP contribution in [0.1, 0.15) is 6.42 Å². The Morgan fingerprint density at radius 1 is 0.562 bits per heavy atom. The Labute approximate surface area is 193 Å². The lowest BCUT2D eigenvalue weighted by Gasteiger charge is -2.41.